The van der Waals surface area contributed by atoms with Crippen molar-refractivity contribution in [1.82, 2.24) is 0 Å². The Morgan fingerprint density at radius 1 is 1.12 bits per heavy atom. The van der Waals surface area contributed by atoms with Crippen LogP contribution in [0.2, 0.25) is 0 Å². The molecule has 3 aromatic rings. The number of anilines is 1. The third-order valence-electron chi connectivity index (χ3n) is 3.68. The average molecular weight is 335 g/mol. The van der Waals surface area contributed by atoms with Gasteiger partial charge in [-0.15, -0.1) is 0 Å². The van der Waals surface area contributed by atoms with Crippen LogP contribution in [0.25, 0.3) is 17.0 Å². The zero-order valence-electron chi connectivity index (χ0n) is 13.9. The summed E-state index contributed by atoms with van der Waals surface area (Å²) in [6.07, 6.45) is 2.95. The number of esters is 1. The minimum absolute atomic E-state index is 0.297. The summed E-state index contributed by atoms with van der Waals surface area (Å²) in [6.45, 7) is 1.99. The fraction of sp³-hybridized carbons (Fsp3) is 0.100. The molecule has 0 aliphatic heterocycles. The molecule has 25 heavy (non-hydrogen) atoms. The molecule has 2 aromatic carbocycles. The van der Waals surface area contributed by atoms with Gasteiger partial charge in [0.05, 0.1) is 18.4 Å². The molecule has 0 spiro atoms. The van der Waals surface area contributed by atoms with Crippen molar-refractivity contribution in [3.63, 3.8) is 0 Å². The summed E-state index contributed by atoms with van der Waals surface area (Å²) in [4.78, 5) is 23.8. The number of hydrogen-bond donors (Lipinski definition) is 1. The first-order valence-corrected chi connectivity index (χ1v) is 7.73. The molecule has 0 unspecified atom stereocenters. The van der Waals surface area contributed by atoms with Crippen LogP contribution in [-0.4, -0.2) is 19.0 Å². The first kappa shape index (κ1) is 16.5. The number of benzene rings is 2. The van der Waals surface area contributed by atoms with Crippen molar-refractivity contribution in [2.45, 2.75) is 6.92 Å². The van der Waals surface area contributed by atoms with Crippen molar-refractivity contribution >= 4 is 34.6 Å². The van der Waals surface area contributed by atoms with E-state index in [1.807, 2.05) is 31.2 Å². The number of furan rings is 1. The van der Waals surface area contributed by atoms with Crippen LogP contribution in [0.3, 0.4) is 0 Å². The lowest BCUT2D eigenvalue weighted by molar-refractivity contribution is -0.111. The molecule has 0 saturated heterocycles. The number of methoxy groups -OCH3 is 1. The van der Waals surface area contributed by atoms with Crippen LogP contribution in [0.1, 0.15) is 21.7 Å². The first-order valence-electron chi connectivity index (χ1n) is 7.73. The first-order chi connectivity index (χ1) is 12.1. The van der Waals surface area contributed by atoms with Gasteiger partial charge in [-0.3, -0.25) is 4.79 Å². The summed E-state index contributed by atoms with van der Waals surface area (Å²) in [5.41, 5.74) is 2.57. The highest BCUT2D eigenvalue weighted by atomic mass is 16.5. The van der Waals surface area contributed by atoms with E-state index in [0.29, 0.717) is 17.0 Å². The van der Waals surface area contributed by atoms with Gasteiger partial charge in [-0.25, -0.2) is 4.79 Å². The second-order valence-corrected chi connectivity index (χ2v) is 5.55. The van der Waals surface area contributed by atoms with Crippen LogP contribution in [0.5, 0.6) is 0 Å². The highest BCUT2D eigenvalue weighted by Gasteiger charge is 2.12. The summed E-state index contributed by atoms with van der Waals surface area (Å²) in [7, 11) is 1.30. The number of carbonyl (C=O) groups excluding carboxylic acids is 2. The number of aryl methyl sites for hydroxylation is 1. The Hall–Kier alpha value is -3.34. The second kappa shape index (κ2) is 7.05. The fourth-order valence-corrected chi connectivity index (χ4v) is 2.45. The second-order valence-electron chi connectivity index (χ2n) is 5.55. The quantitative estimate of drug-likeness (QED) is 0.574. The normalized spacial score (nSPS) is 11.0. The molecule has 1 N–H and O–H groups in total. The zero-order valence-corrected chi connectivity index (χ0v) is 13.9. The van der Waals surface area contributed by atoms with E-state index in [0.717, 1.165) is 16.5 Å². The lowest BCUT2D eigenvalue weighted by Crippen LogP contribution is -2.12. The van der Waals surface area contributed by atoms with Crippen molar-refractivity contribution in [1.29, 1.82) is 0 Å². The number of rotatable bonds is 4. The van der Waals surface area contributed by atoms with Crippen LogP contribution in [0.4, 0.5) is 5.69 Å². The number of nitrogens with one attached hydrogen (secondary N) is 1. The Morgan fingerprint density at radius 2 is 1.92 bits per heavy atom. The maximum absolute atomic E-state index is 12.1. The lowest BCUT2D eigenvalue weighted by atomic mass is 10.2. The molecule has 0 aliphatic rings. The van der Waals surface area contributed by atoms with Gasteiger partial charge in [-0.2, -0.15) is 0 Å². The molecule has 0 bridgehead atoms. The van der Waals surface area contributed by atoms with Gasteiger partial charge in [0.25, 0.3) is 0 Å². The topological polar surface area (TPSA) is 68.5 Å². The van der Waals surface area contributed by atoms with Crippen LogP contribution in [-0.2, 0) is 9.53 Å². The number of amides is 1. The van der Waals surface area contributed by atoms with E-state index in [9.17, 15) is 9.59 Å². The summed E-state index contributed by atoms with van der Waals surface area (Å²) in [5, 5.41) is 3.64. The summed E-state index contributed by atoms with van der Waals surface area (Å²) < 4.78 is 10.4. The Morgan fingerprint density at radius 3 is 2.72 bits per heavy atom. The van der Waals surface area contributed by atoms with E-state index < -0.39 is 5.97 Å². The molecule has 1 amide bonds. The van der Waals surface area contributed by atoms with Gasteiger partial charge in [-0.1, -0.05) is 24.3 Å². The molecule has 0 saturated carbocycles. The minimum atomic E-state index is -0.507. The molecule has 5 heteroatoms. The third kappa shape index (κ3) is 3.77. The van der Waals surface area contributed by atoms with Crippen molar-refractivity contribution in [2.24, 2.45) is 0 Å². The number of fused-ring (bicyclic) bond motifs is 1. The van der Waals surface area contributed by atoms with Gasteiger partial charge in [0.1, 0.15) is 11.3 Å². The van der Waals surface area contributed by atoms with Crippen LogP contribution in [0, 0.1) is 6.92 Å². The van der Waals surface area contributed by atoms with E-state index in [1.54, 1.807) is 30.3 Å². The van der Waals surface area contributed by atoms with Crippen LogP contribution in [0.15, 0.2) is 59.0 Å². The molecule has 0 fully saturated rings. The van der Waals surface area contributed by atoms with Gasteiger partial charge in [-0.05, 0) is 42.8 Å². The summed E-state index contributed by atoms with van der Waals surface area (Å²) in [6, 6.07) is 14.4. The minimum Gasteiger partial charge on any atom is -0.465 e. The molecular weight excluding hydrogens is 318 g/mol. The Labute approximate surface area is 144 Å². The molecule has 0 aliphatic carbocycles. The molecule has 0 radical (unpaired) electrons. The molecule has 5 nitrogen and oxygen atoms in total. The van der Waals surface area contributed by atoms with Gasteiger partial charge in [0, 0.05) is 11.5 Å². The summed E-state index contributed by atoms with van der Waals surface area (Å²) >= 11 is 0. The van der Waals surface area contributed by atoms with Gasteiger partial charge in [0.2, 0.25) is 5.91 Å². The molecule has 0 atom stereocenters. The molecule has 1 heterocycles. The molecule has 126 valence electrons. The molecular formula is C20H17NO4. The van der Waals surface area contributed by atoms with Crippen LogP contribution < -0.4 is 5.32 Å². The SMILES string of the molecule is COC(=O)c1ccccc1NC(=O)/C=C/c1cc2ccc(C)cc2o1. The van der Waals surface area contributed by atoms with Crippen molar-refractivity contribution in [3.05, 3.63) is 71.5 Å². The van der Waals surface area contributed by atoms with Crippen molar-refractivity contribution < 1.29 is 18.7 Å². The third-order valence-corrected chi connectivity index (χ3v) is 3.68. The number of carbonyl (C=O) groups is 2. The van der Waals surface area contributed by atoms with E-state index in [-0.39, 0.29) is 5.91 Å². The lowest BCUT2D eigenvalue weighted by Gasteiger charge is -2.07. The van der Waals surface area contributed by atoms with Crippen LogP contribution >= 0.6 is 0 Å². The van der Waals surface area contributed by atoms with Gasteiger partial charge < -0.3 is 14.5 Å². The Kier molecular flexibility index (Phi) is 4.66. The van der Waals surface area contributed by atoms with E-state index in [2.05, 4.69) is 5.32 Å². The number of para-hydroxylation sites is 1. The molecule has 1 aromatic heterocycles. The smallest absolute Gasteiger partial charge is 0.339 e. The van der Waals surface area contributed by atoms with E-state index >= 15 is 0 Å². The monoisotopic (exact) mass is 335 g/mol. The molecule has 3 rings (SSSR count). The standard InChI is InChI=1S/C20H17NO4/c1-13-7-8-14-12-15(25-18(14)11-13)9-10-19(22)21-17-6-4-3-5-16(17)20(23)24-2/h3-12H,1-2H3,(H,21,22)/b10-9+. The van der Waals surface area contributed by atoms with E-state index in [4.69, 9.17) is 9.15 Å². The van der Waals surface area contributed by atoms with Crippen molar-refractivity contribution in [2.75, 3.05) is 12.4 Å². The van der Waals surface area contributed by atoms with Gasteiger partial charge >= 0.3 is 5.97 Å². The predicted octanol–water partition coefficient (Wildman–Crippen LogP) is 4.18. The number of hydrogen-bond acceptors (Lipinski definition) is 4. The van der Waals surface area contributed by atoms with Gasteiger partial charge in [0.15, 0.2) is 0 Å². The maximum atomic E-state index is 12.1. The number of ether oxygens (including phenoxy) is 1. The fourth-order valence-electron chi connectivity index (χ4n) is 2.45. The largest absolute Gasteiger partial charge is 0.465 e. The Bertz CT molecular complexity index is 969. The van der Waals surface area contributed by atoms with E-state index in [1.165, 1.54) is 13.2 Å². The maximum Gasteiger partial charge on any atom is 0.339 e. The zero-order chi connectivity index (χ0) is 17.8. The highest BCUT2D eigenvalue weighted by molar-refractivity contribution is 6.06. The summed E-state index contributed by atoms with van der Waals surface area (Å²) in [5.74, 6) is -0.294. The average Bonchev–Trinajstić information content (AvgIpc) is 3.02. The van der Waals surface area contributed by atoms with Crippen molar-refractivity contribution in [3.8, 4) is 0 Å². The highest BCUT2D eigenvalue weighted by Crippen LogP contribution is 2.21. The Balaban J connectivity index is 1.76. The predicted molar refractivity (Wildman–Crippen MR) is 96.4 cm³/mol.